The third kappa shape index (κ3) is 3.62. The summed E-state index contributed by atoms with van der Waals surface area (Å²) in [6, 6.07) is 7.34. The van der Waals surface area contributed by atoms with E-state index in [2.05, 4.69) is 4.98 Å². The van der Waals surface area contributed by atoms with Gasteiger partial charge in [-0.05, 0) is 18.1 Å². The van der Waals surface area contributed by atoms with Crippen LogP contribution in [0, 0.1) is 6.92 Å². The number of amides is 1. The molecule has 0 fully saturated rings. The molecule has 1 aromatic heterocycles. The van der Waals surface area contributed by atoms with Gasteiger partial charge in [0.05, 0.1) is 12.9 Å². The van der Waals surface area contributed by atoms with Crippen LogP contribution in [0.1, 0.15) is 16.8 Å². The number of benzene rings is 1. The fourth-order valence-corrected chi connectivity index (χ4v) is 4.47. The lowest BCUT2D eigenvalue weighted by molar-refractivity contribution is -0.153. The van der Waals surface area contributed by atoms with Crippen LogP contribution >= 0.6 is 23.1 Å². The number of methoxy groups -OCH3 is 1. The third-order valence-electron chi connectivity index (χ3n) is 3.96. The van der Waals surface area contributed by atoms with Crippen LogP contribution < -0.4 is 0 Å². The summed E-state index contributed by atoms with van der Waals surface area (Å²) in [6.45, 7) is 2.36. The lowest BCUT2D eigenvalue weighted by Crippen LogP contribution is -2.49. The Bertz CT molecular complexity index is 760. The molecule has 0 saturated heterocycles. The second-order valence-corrected chi connectivity index (χ2v) is 7.66. The number of carbonyl (C=O) groups is 2. The minimum absolute atomic E-state index is 0.0715. The molecule has 1 atom stereocenters. The van der Waals surface area contributed by atoms with Crippen LogP contribution in [0.4, 0.5) is 0 Å². The average molecular weight is 362 g/mol. The van der Waals surface area contributed by atoms with E-state index in [1.807, 2.05) is 36.6 Å². The summed E-state index contributed by atoms with van der Waals surface area (Å²) >= 11 is 2.94. The zero-order chi connectivity index (χ0) is 17.1. The number of hydrogen-bond acceptors (Lipinski definition) is 6. The van der Waals surface area contributed by atoms with E-state index in [-0.39, 0.29) is 17.6 Å². The highest BCUT2D eigenvalue weighted by Gasteiger charge is 2.35. The van der Waals surface area contributed by atoms with Crippen molar-refractivity contribution in [1.29, 1.82) is 0 Å². The first kappa shape index (κ1) is 17.0. The van der Waals surface area contributed by atoms with Gasteiger partial charge >= 0.3 is 5.97 Å². The van der Waals surface area contributed by atoms with Crippen LogP contribution in [0.25, 0.3) is 0 Å². The van der Waals surface area contributed by atoms with Crippen molar-refractivity contribution in [3.8, 4) is 0 Å². The molecule has 5 nitrogen and oxygen atoms in total. The fourth-order valence-electron chi connectivity index (χ4n) is 2.74. The molecule has 3 rings (SSSR count). The molecule has 0 spiro atoms. The molecule has 0 bridgehead atoms. The predicted molar refractivity (Wildman–Crippen MR) is 94.1 cm³/mol. The average Bonchev–Trinajstić information content (AvgIpc) is 3.03. The molecular weight excluding hydrogens is 344 g/mol. The SMILES string of the molecule is COC(=O)C1Cc2ccccc2CN1C(=O)CSc1nc(C)cs1. The number of thioether (sulfide) groups is 1. The molecule has 0 radical (unpaired) electrons. The summed E-state index contributed by atoms with van der Waals surface area (Å²) in [5.41, 5.74) is 3.13. The number of carbonyl (C=O) groups excluding carboxylic acids is 2. The van der Waals surface area contributed by atoms with Crippen LogP contribution in [0.5, 0.6) is 0 Å². The Hall–Kier alpha value is -1.86. The number of ether oxygens (including phenoxy) is 1. The predicted octanol–water partition coefficient (Wildman–Crippen LogP) is 2.67. The number of esters is 1. The number of aromatic nitrogens is 1. The molecule has 1 aliphatic rings. The molecular formula is C17H18N2O3S2. The van der Waals surface area contributed by atoms with Gasteiger partial charge in [0.15, 0.2) is 4.34 Å². The highest BCUT2D eigenvalue weighted by Crippen LogP contribution is 2.27. The van der Waals surface area contributed by atoms with Gasteiger partial charge in [0.2, 0.25) is 5.91 Å². The lowest BCUT2D eigenvalue weighted by atomic mass is 9.94. The third-order valence-corrected chi connectivity index (χ3v) is 6.08. The highest BCUT2D eigenvalue weighted by atomic mass is 32.2. The van der Waals surface area contributed by atoms with Crippen molar-refractivity contribution in [2.75, 3.05) is 12.9 Å². The molecule has 126 valence electrons. The maximum absolute atomic E-state index is 12.7. The monoisotopic (exact) mass is 362 g/mol. The van der Waals surface area contributed by atoms with Gasteiger partial charge in [-0.25, -0.2) is 9.78 Å². The van der Waals surface area contributed by atoms with E-state index in [1.54, 1.807) is 4.90 Å². The van der Waals surface area contributed by atoms with Gasteiger partial charge in [-0.15, -0.1) is 11.3 Å². The molecule has 7 heteroatoms. The van der Waals surface area contributed by atoms with Gasteiger partial charge in [-0.2, -0.15) is 0 Å². The molecule has 1 unspecified atom stereocenters. The van der Waals surface area contributed by atoms with Crippen LogP contribution in [-0.4, -0.2) is 40.7 Å². The van der Waals surface area contributed by atoms with E-state index in [0.29, 0.717) is 13.0 Å². The Balaban J connectivity index is 1.75. The molecule has 1 aromatic carbocycles. The largest absolute Gasteiger partial charge is 0.467 e. The zero-order valence-electron chi connectivity index (χ0n) is 13.5. The minimum atomic E-state index is -0.559. The van der Waals surface area contributed by atoms with Gasteiger partial charge in [-0.3, -0.25) is 4.79 Å². The molecule has 0 N–H and O–H groups in total. The minimum Gasteiger partial charge on any atom is -0.467 e. The number of fused-ring (bicyclic) bond motifs is 1. The molecule has 0 aliphatic carbocycles. The van der Waals surface area contributed by atoms with Crippen molar-refractivity contribution in [2.45, 2.75) is 30.3 Å². The van der Waals surface area contributed by atoms with Crippen molar-refractivity contribution in [3.63, 3.8) is 0 Å². The van der Waals surface area contributed by atoms with Gasteiger partial charge in [0.1, 0.15) is 6.04 Å². The maximum atomic E-state index is 12.7. The van der Waals surface area contributed by atoms with Crippen LogP contribution in [0.2, 0.25) is 0 Å². The lowest BCUT2D eigenvalue weighted by Gasteiger charge is -2.35. The Morgan fingerprint density at radius 2 is 2.12 bits per heavy atom. The van der Waals surface area contributed by atoms with E-state index in [0.717, 1.165) is 21.2 Å². The summed E-state index contributed by atoms with van der Waals surface area (Å²) in [7, 11) is 1.36. The van der Waals surface area contributed by atoms with Gasteiger partial charge in [0.25, 0.3) is 0 Å². The van der Waals surface area contributed by atoms with E-state index < -0.39 is 6.04 Å². The fraction of sp³-hybridized carbons (Fsp3) is 0.353. The first-order chi connectivity index (χ1) is 11.6. The summed E-state index contributed by atoms with van der Waals surface area (Å²) < 4.78 is 5.77. The Kier molecular flexibility index (Phi) is 5.20. The highest BCUT2D eigenvalue weighted by molar-refractivity contribution is 8.01. The summed E-state index contributed by atoms with van der Waals surface area (Å²) in [5, 5.41) is 1.96. The summed E-state index contributed by atoms with van der Waals surface area (Å²) in [5.74, 6) is -0.173. The van der Waals surface area contributed by atoms with E-state index in [9.17, 15) is 9.59 Å². The maximum Gasteiger partial charge on any atom is 0.328 e. The first-order valence-corrected chi connectivity index (χ1v) is 9.44. The van der Waals surface area contributed by atoms with E-state index >= 15 is 0 Å². The molecule has 2 heterocycles. The molecule has 24 heavy (non-hydrogen) atoms. The van der Waals surface area contributed by atoms with Crippen LogP contribution in [-0.2, 0) is 27.3 Å². The number of hydrogen-bond donors (Lipinski definition) is 0. The van der Waals surface area contributed by atoms with Crippen LogP contribution in [0.3, 0.4) is 0 Å². The molecule has 1 amide bonds. The second-order valence-electron chi connectivity index (χ2n) is 5.58. The number of rotatable bonds is 4. The molecule has 1 aliphatic heterocycles. The molecule has 0 saturated carbocycles. The second kappa shape index (κ2) is 7.36. The zero-order valence-corrected chi connectivity index (χ0v) is 15.2. The van der Waals surface area contributed by atoms with Gasteiger partial charge < -0.3 is 9.64 Å². The molecule has 2 aromatic rings. The Labute approximate surface area is 149 Å². The smallest absolute Gasteiger partial charge is 0.328 e. The Morgan fingerprint density at radius 1 is 1.38 bits per heavy atom. The van der Waals surface area contributed by atoms with Crippen molar-refractivity contribution < 1.29 is 14.3 Å². The van der Waals surface area contributed by atoms with Gasteiger partial charge in [-0.1, -0.05) is 36.0 Å². The van der Waals surface area contributed by atoms with E-state index in [4.69, 9.17) is 4.74 Å². The van der Waals surface area contributed by atoms with E-state index in [1.165, 1.54) is 30.2 Å². The summed E-state index contributed by atoms with van der Waals surface area (Å²) in [6.07, 6.45) is 0.496. The van der Waals surface area contributed by atoms with Crippen molar-refractivity contribution in [1.82, 2.24) is 9.88 Å². The number of aryl methyl sites for hydroxylation is 1. The Morgan fingerprint density at radius 3 is 2.79 bits per heavy atom. The topological polar surface area (TPSA) is 59.5 Å². The van der Waals surface area contributed by atoms with Crippen LogP contribution in [0.15, 0.2) is 34.0 Å². The number of thiazole rings is 1. The van der Waals surface area contributed by atoms with Crippen molar-refractivity contribution in [3.05, 3.63) is 46.5 Å². The summed E-state index contributed by atoms with van der Waals surface area (Å²) in [4.78, 5) is 30.8. The van der Waals surface area contributed by atoms with Crippen molar-refractivity contribution >= 4 is 35.0 Å². The first-order valence-electron chi connectivity index (χ1n) is 7.57. The van der Waals surface area contributed by atoms with Crippen molar-refractivity contribution in [2.24, 2.45) is 0 Å². The normalized spacial score (nSPS) is 16.6. The number of nitrogens with zero attached hydrogens (tertiary/aromatic N) is 2. The standard InChI is InChI=1S/C17H18N2O3S2/c1-11-9-23-17(18-11)24-10-15(20)19-8-13-6-4-3-5-12(13)7-14(19)16(21)22-2/h3-6,9,14H,7-8,10H2,1-2H3. The van der Waals surface area contributed by atoms with Gasteiger partial charge in [0, 0.05) is 24.0 Å². The quantitative estimate of drug-likeness (QED) is 0.618.